The number of hydrogen-bond acceptors (Lipinski definition) is 6. The lowest BCUT2D eigenvalue weighted by Crippen LogP contribution is -1.93. The average molecular weight is 370 g/mol. The smallest absolute Gasteiger partial charge is 0.256 e. The molecule has 2 aromatic heterocycles. The molecule has 0 aliphatic carbocycles. The number of aromatic nitrogens is 1. The molecule has 0 aliphatic rings. The second-order valence-corrected chi connectivity index (χ2v) is 8.09. The molecule has 23 heavy (non-hydrogen) atoms. The lowest BCUT2D eigenvalue weighted by Gasteiger charge is -1.96. The molecular formula is C15H12ClNO4S2. The highest BCUT2D eigenvalue weighted by Crippen LogP contribution is 2.29. The highest BCUT2D eigenvalue weighted by Gasteiger charge is 2.14. The molecule has 1 aromatic carbocycles. The second kappa shape index (κ2) is 6.43. The second-order valence-electron chi connectivity index (χ2n) is 4.78. The van der Waals surface area contributed by atoms with Gasteiger partial charge in [0.15, 0.2) is 5.76 Å². The summed E-state index contributed by atoms with van der Waals surface area (Å²) in [5.41, 5.74) is 0.881. The maximum absolute atomic E-state index is 11.4. The van der Waals surface area contributed by atoms with Crippen LogP contribution in [-0.4, -0.2) is 19.7 Å². The monoisotopic (exact) mass is 369 g/mol. The number of oxazole rings is 1. The first kappa shape index (κ1) is 16.2. The van der Waals surface area contributed by atoms with Gasteiger partial charge < -0.3 is 8.83 Å². The van der Waals surface area contributed by atoms with Crippen molar-refractivity contribution in [3.63, 3.8) is 0 Å². The van der Waals surface area contributed by atoms with E-state index in [4.69, 9.17) is 20.4 Å². The number of hydrogen-bond donors (Lipinski definition) is 0. The van der Waals surface area contributed by atoms with Crippen molar-refractivity contribution in [2.24, 2.45) is 0 Å². The zero-order valence-electron chi connectivity index (χ0n) is 12.0. The van der Waals surface area contributed by atoms with Crippen molar-refractivity contribution in [3.05, 3.63) is 53.4 Å². The average Bonchev–Trinajstić information content (AvgIpc) is 3.15. The quantitative estimate of drug-likeness (QED) is 0.625. The van der Waals surface area contributed by atoms with E-state index in [1.165, 1.54) is 17.8 Å². The van der Waals surface area contributed by atoms with Crippen molar-refractivity contribution in [2.45, 2.75) is 16.1 Å². The van der Waals surface area contributed by atoms with Crippen molar-refractivity contribution in [3.8, 4) is 11.3 Å². The zero-order chi connectivity index (χ0) is 16.4. The van der Waals surface area contributed by atoms with Gasteiger partial charge in [-0.15, -0.1) is 0 Å². The predicted molar refractivity (Wildman–Crippen MR) is 88.3 cm³/mol. The summed E-state index contributed by atoms with van der Waals surface area (Å²) >= 11 is 7.18. The van der Waals surface area contributed by atoms with Crippen LogP contribution in [0, 0.1) is 0 Å². The van der Waals surface area contributed by atoms with E-state index in [1.54, 1.807) is 24.4 Å². The fourth-order valence-corrected chi connectivity index (χ4v) is 3.24. The summed E-state index contributed by atoms with van der Waals surface area (Å²) in [4.78, 5) is 4.19. The molecule has 0 aliphatic heterocycles. The number of thioether (sulfide) groups is 1. The Labute approximate surface area is 142 Å². The van der Waals surface area contributed by atoms with Crippen molar-refractivity contribution in [2.75, 3.05) is 6.26 Å². The molecule has 0 radical (unpaired) electrons. The standard InChI is InChI=1S/C15H12ClNO4S2/c1-23(18,19)14-7-6-12(20-14)9-22-15-17-8-13(21-15)10-2-4-11(16)5-3-10/h2-8H,9H2,1H3. The van der Waals surface area contributed by atoms with Crippen molar-refractivity contribution in [1.29, 1.82) is 0 Å². The first-order chi connectivity index (χ1) is 10.9. The summed E-state index contributed by atoms with van der Waals surface area (Å²) in [5.74, 6) is 1.61. The van der Waals surface area contributed by atoms with Crippen molar-refractivity contribution in [1.82, 2.24) is 4.98 Å². The summed E-state index contributed by atoms with van der Waals surface area (Å²) in [6.07, 6.45) is 2.74. The van der Waals surface area contributed by atoms with Crippen LogP contribution in [0.1, 0.15) is 5.76 Å². The highest BCUT2D eigenvalue weighted by atomic mass is 35.5. The molecule has 0 bridgehead atoms. The van der Waals surface area contributed by atoms with Crippen molar-refractivity contribution < 1.29 is 17.3 Å². The Morgan fingerprint density at radius 2 is 1.87 bits per heavy atom. The minimum atomic E-state index is -3.33. The predicted octanol–water partition coefficient (Wildman–Crippen LogP) is 4.28. The van der Waals surface area contributed by atoms with Gasteiger partial charge in [0.2, 0.25) is 14.9 Å². The van der Waals surface area contributed by atoms with E-state index in [0.29, 0.717) is 27.5 Å². The van der Waals surface area contributed by atoms with Crippen LogP contribution in [0.25, 0.3) is 11.3 Å². The highest BCUT2D eigenvalue weighted by molar-refractivity contribution is 7.98. The Morgan fingerprint density at radius 3 is 2.52 bits per heavy atom. The molecule has 5 nitrogen and oxygen atoms in total. The Hall–Kier alpha value is -1.70. The molecule has 8 heteroatoms. The molecule has 0 amide bonds. The first-order valence-electron chi connectivity index (χ1n) is 6.55. The number of furan rings is 1. The normalized spacial score (nSPS) is 11.7. The first-order valence-corrected chi connectivity index (χ1v) is 9.81. The summed E-state index contributed by atoms with van der Waals surface area (Å²) in [6.45, 7) is 0. The third-order valence-corrected chi connectivity index (χ3v) is 5.02. The number of benzene rings is 1. The SMILES string of the molecule is CS(=O)(=O)c1ccc(CSc2ncc(-c3ccc(Cl)cc3)o2)o1. The van der Waals surface area contributed by atoms with Gasteiger partial charge in [-0.1, -0.05) is 23.4 Å². The number of halogens is 1. The van der Waals surface area contributed by atoms with Gasteiger partial charge in [-0.2, -0.15) is 0 Å². The van der Waals surface area contributed by atoms with E-state index in [2.05, 4.69) is 4.98 Å². The maximum Gasteiger partial charge on any atom is 0.256 e. The van der Waals surface area contributed by atoms with Crippen LogP contribution in [0.3, 0.4) is 0 Å². The van der Waals surface area contributed by atoms with Gasteiger partial charge in [0.1, 0.15) is 5.76 Å². The van der Waals surface area contributed by atoms with Gasteiger partial charge in [-0.3, -0.25) is 0 Å². The Bertz CT molecular complexity index is 913. The third-order valence-electron chi connectivity index (χ3n) is 2.95. The topological polar surface area (TPSA) is 73.3 Å². The molecule has 0 N–H and O–H groups in total. The van der Waals surface area contributed by atoms with Crippen LogP contribution in [0.2, 0.25) is 5.02 Å². The van der Waals surface area contributed by atoms with E-state index in [9.17, 15) is 8.42 Å². The minimum Gasteiger partial charge on any atom is -0.449 e. The molecule has 3 aromatic rings. The fourth-order valence-electron chi connectivity index (χ4n) is 1.84. The molecule has 0 fully saturated rings. The van der Waals surface area contributed by atoms with Crippen LogP contribution < -0.4 is 0 Å². The van der Waals surface area contributed by atoms with Gasteiger partial charge in [0, 0.05) is 16.8 Å². The van der Waals surface area contributed by atoms with Gasteiger partial charge in [-0.05, 0) is 36.4 Å². The molecule has 0 unspecified atom stereocenters. The van der Waals surface area contributed by atoms with Crippen molar-refractivity contribution >= 4 is 33.2 Å². The summed E-state index contributed by atoms with van der Waals surface area (Å²) in [7, 11) is -3.33. The molecule has 0 saturated carbocycles. The third kappa shape index (κ3) is 3.99. The molecule has 0 saturated heterocycles. The number of rotatable bonds is 5. The number of sulfone groups is 1. The van der Waals surface area contributed by atoms with E-state index in [-0.39, 0.29) is 5.09 Å². The molecule has 0 spiro atoms. The zero-order valence-corrected chi connectivity index (χ0v) is 14.4. The lowest BCUT2D eigenvalue weighted by molar-refractivity contribution is 0.426. The maximum atomic E-state index is 11.4. The Balaban J connectivity index is 1.68. The molecular weight excluding hydrogens is 358 g/mol. The van der Waals surface area contributed by atoms with Crippen LogP contribution >= 0.6 is 23.4 Å². The summed E-state index contributed by atoms with van der Waals surface area (Å²) in [5, 5.41) is 1.09. The molecule has 0 atom stereocenters. The summed E-state index contributed by atoms with van der Waals surface area (Å²) < 4.78 is 33.7. The Morgan fingerprint density at radius 1 is 1.13 bits per heavy atom. The molecule has 3 rings (SSSR count). The minimum absolute atomic E-state index is 0.0395. The van der Waals surface area contributed by atoms with Gasteiger partial charge >= 0.3 is 0 Å². The van der Waals surface area contributed by atoms with Gasteiger partial charge in [-0.25, -0.2) is 13.4 Å². The largest absolute Gasteiger partial charge is 0.449 e. The van der Waals surface area contributed by atoms with Crippen LogP contribution in [0.5, 0.6) is 0 Å². The van der Waals surface area contributed by atoms with Gasteiger partial charge in [0.25, 0.3) is 5.22 Å². The van der Waals surface area contributed by atoms with Crippen LogP contribution in [0.15, 0.2) is 61.7 Å². The summed E-state index contributed by atoms with van der Waals surface area (Å²) in [6, 6.07) is 10.3. The Kier molecular flexibility index (Phi) is 4.52. The lowest BCUT2D eigenvalue weighted by atomic mass is 10.2. The van der Waals surface area contributed by atoms with Crippen LogP contribution in [-0.2, 0) is 15.6 Å². The van der Waals surface area contributed by atoms with E-state index >= 15 is 0 Å². The molecule has 2 heterocycles. The molecule has 120 valence electrons. The van der Waals surface area contributed by atoms with E-state index in [1.807, 2.05) is 12.1 Å². The van der Waals surface area contributed by atoms with E-state index < -0.39 is 9.84 Å². The fraction of sp³-hybridized carbons (Fsp3) is 0.133. The van der Waals surface area contributed by atoms with Crippen LogP contribution in [0.4, 0.5) is 0 Å². The van der Waals surface area contributed by atoms with E-state index in [0.717, 1.165) is 11.8 Å². The van der Waals surface area contributed by atoms with Gasteiger partial charge in [0.05, 0.1) is 11.9 Å². The number of nitrogens with zero attached hydrogens (tertiary/aromatic N) is 1.